The lowest BCUT2D eigenvalue weighted by Gasteiger charge is -2.16. The van der Waals surface area contributed by atoms with E-state index < -0.39 is 11.8 Å². The molecule has 0 heterocycles. The van der Waals surface area contributed by atoms with Gasteiger partial charge in [0.1, 0.15) is 5.75 Å². The maximum Gasteiger partial charge on any atom is 0.379 e. The summed E-state index contributed by atoms with van der Waals surface area (Å²) < 4.78 is 10.1. The number of carbonyl (C=O) groups is 2. The molecule has 114 valence electrons. The first-order valence-corrected chi connectivity index (χ1v) is 7.57. The minimum atomic E-state index is -0.857. The summed E-state index contributed by atoms with van der Waals surface area (Å²) in [6.07, 6.45) is 4.76. The third-order valence-corrected chi connectivity index (χ3v) is 3.98. The molecule has 4 nitrogen and oxygen atoms in total. The Balaban J connectivity index is 2.58. The highest BCUT2D eigenvalue weighted by molar-refractivity contribution is 6.43. The maximum absolute atomic E-state index is 12.4. The lowest BCUT2D eigenvalue weighted by atomic mass is 9.93. The molecule has 0 saturated carbocycles. The number of rotatable bonds is 4. The second-order valence-corrected chi connectivity index (χ2v) is 5.42. The van der Waals surface area contributed by atoms with Gasteiger partial charge in [0, 0.05) is 0 Å². The van der Waals surface area contributed by atoms with Crippen molar-refractivity contribution in [2.45, 2.75) is 39.0 Å². The molecule has 0 spiro atoms. The number of aryl methyl sites for hydroxylation is 1. The highest BCUT2D eigenvalue weighted by Crippen LogP contribution is 2.37. The third kappa shape index (κ3) is 3.21. The van der Waals surface area contributed by atoms with E-state index in [1.165, 1.54) is 7.11 Å². The summed E-state index contributed by atoms with van der Waals surface area (Å²) in [5.74, 6) is -1.26. The second-order valence-electron chi connectivity index (χ2n) is 5.01. The van der Waals surface area contributed by atoms with Gasteiger partial charge < -0.3 is 9.47 Å². The summed E-state index contributed by atoms with van der Waals surface area (Å²) in [5, 5.41) is 0.366. The average molecular weight is 311 g/mol. The van der Waals surface area contributed by atoms with E-state index in [2.05, 4.69) is 0 Å². The number of halogens is 1. The molecular weight excluding hydrogens is 292 g/mol. The highest BCUT2D eigenvalue weighted by Gasteiger charge is 2.29. The fraction of sp³-hybridized carbons (Fsp3) is 0.500. The monoisotopic (exact) mass is 310 g/mol. The zero-order valence-electron chi connectivity index (χ0n) is 12.3. The first-order chi connectivity index (χ1) is 10.1. The van der Waals surface area contributed by atoms with Crippen molar-refractivity contribution in [1.82, 2.24) is 0 Å². The Morgan fingerprint density at radius 1 is 1.24 bits per heavy atom. The van der Waals surface area contributed by atoms with Gasteiger partial charge in [-0.1, -0.05) is 18.0 Å². The zero-order valence-corrected chi connectivity index (χ0v) is 13.1. The van der Waals surface area contributed by atoms with Gasteiger partial charge in [-0.3, -0.25) is 4.79 Å². The number of ether oxygens (including phenoxy) is 2. The smallest absolute Gasteiger partial charge is 0.379 e. The molecule has 1 aliphatic rings. The van der Waals surface area contributed by atoms with Crippen LogP contribution in [0.5, 0.6) is 5.75 Å². The first kappa shape index (κ1) is 15.8. The quantitative estimate of drug-likeness (QED) is 0.370. The van der Waals surface area contributed by atoms with Gasteiger partial charge >= 0.3 is 5.97 Å². The highest BCUT2D eigenvalue weighted by atomic mass is 35.5. The van der Waals surface area contributed by atoms with E-state index in [1.54, 1.807) is 6.92 Å². The predicted molar refractivity (Wildman–Crippen MR) is 80.2 cm³/mol. The van der Waals surface area contributed by atoms with Gasteiger partial charge in [0.15, 0.2) is 0 Å². The Morgan fingerprint density at radius 3 is 2.62 bits per heavy atom. The molecule has 0 radical (unpaired) electrons. The van der Waals surface area contributed by atoms with Crippen LogP contribution in [-0.4, -0.2) is 25.5 Å². The summed E-state index contributed by atoms with van der Waals surface area (Å²) in [7, 11) is 1.45. The molecule has 0 saturated heterocycles. The van der Waals surface area contributed by atoms with Gasteiger partial charge in [-0.05, 0) is 49.8 Å². The normalized spacial score (nSPS) is 14.0. The molecule has 5 heteroatoms. The molecule has 1 aromatic rings. The molecule has 1 aliphatic carbocycles. The molecule has 0 fully saturated rings. The SMILES string of the molecule is CCOC(=O)C(=O)c1c2c(cc(Cl)c1OC)CCCCC2. The van der Waals surface area contributed by atoms with E-state index in [0.29, 0.717) is 5.02 Å². The van der Waals surface area contributed by atoms with Crippen molar-refractivity contribution in [2.24, 2.45) is 0 Å². The van der Waals surface area contributed by atoms with Crippen LogP contribution in [-0.2, 0) is 22.4 Å². The number of benzene rings is 1. The summed E-state index contributed by atoms with van der Waals surface area (Å²) in [6, 6.07) is 1.85. The van der Waals surface area contributed by atoms with Crippen LogP contribution >= 0.6 is 11.6 Å². The average Bonchev–Trinajstić information content (AvgIpc) is 2.70. The molecule has 0 bridgehead atoms. The number of hydrogen-bond acceptors (Lipinski definition) is 4. The maximum atomic E-state index is 12.4. The van der Waals surface area contributed by atoms with Crippen molar-refractivity contribution in [2.75, 3.05) is 13.7 Å². The van der Waals surface area contributed by atoms with Crippen molar-refractivity contribution in [3.63, 3.8) is 0 Å². The molecule has 0 amide bonds. The Kier molecular flexibility index (Phi) is 5.23. The number of esters is 1. The van der Waals surface area contributed by atoms with Crippen molar-refractivity contribution in [3.05, 3.63) is 27.8 Å². The van der Waals surface area contributed by atoms with E-state index in [0.717, 1.165) is 43.2 Å². The Hall–Kier alpha value is -1.55. The van der Waals surface area contributed by atoms with Crippen LogP contribution in [0.3, 0.4) is 0 Å². The van der Waals surface area contributed by atoms with E-state index in [4.69, 9.17) is 21.1 Å². The van der Waals surface area contributed by atoms with Crippen LogP contribution < -0.4 is 4.74 Å². The van der Waals surface area contributed by atoms with E-state index >= 15 is 0 Å². The van der Waals surface area contributed by atoms with E-state index in [1.807, 2.05) is 6.07 Å². The molecular formula is C16H19ClO4. The van der Waals surface area contributed by atoms with Gasteiger partial charge in [0.25, 0.3) is 5.78 Å². The van der Waals surface area contributed by atoms with Crippen molar-refractivity contribution < 1.29 is 19.1 Å². The van der Waals surface area contributed by atoms with Crippen molar-refractivity contribution in [3.8, 4) is 5.75 Å². The minimum Gasteiger partial charge on any atom is -0.494 e. The first-order valence-electron chi connectivity index (χ1n) is 7.19. The third-order valence-electron chi connectivity index (χ3n) is 3.70. The lowest BCUT2D eigenvalue weighted by molar-refractivity contribution is -0.137. The lowest BCUT2D eigenvalue weighted by Crippen LogP contribution is -2.21. The fourth-order valence-electron chi connectivity index (χ4n) is 2.76. The topological polar surface area (TPSA) is 52.6 Å². The van der Waals surface area contributed by atoms with Gasteiger partial charge in [-0.25, -0.2) is 4.79 Å². The summed E-state index contributed by atoms with van der Waals surface area (Å²) in [4.78, 5) is 24.3. The van der Waals surface area contributed by atoms with Crippen molar-refractivity contribution in [1.29, 1.82) is 0 Å². The molecule has 1 aromatic carbocycles. The Bertz CT molecular complexity index is 566. The number of ketones is 1. The van der Waals surface area contributed by atoms with Crippen molar-refractivity contribution >= 4 is 23.4 Å². The second kappa shape index (κ2) is 6.94. The molecule has 0 N–H and O–H groups in total. The molecule has 0 aromatic heterocycles. The van der Waals surface area contributed by atoms with Crippen LogP contribution in [0.2, 0.25) is 5.02 Å². The largest absolute Gasteiger partial charge is 0.494 e. The predicted octanol–water partition coefficient (Wildman–Crippen LogP) is 3.36. The van der Waals surface area contributed by atoms with Crippen LogP contribution in [0.4, 0.5) is 0 Å². The molecule has 0 unspecified atom stereocenters. The summed E-state index contributed by atoms with van der Waals surface area (Å²) in [6.45, 7) is 1.83. The molecule has 2 rings (SSSR count). The van der Waals surface area contributed by atoms with Gasteiger partial charge in [0.05, 0.1) is 24.3 Å². The number of fused-ring (bicyclic) bond motifs is 1. The number of carbonyl (C=O) groups excluding carboxylic acids is 2. The minimum absolute atomic E-state index is 0.162. The van der Waals surface area contributed by atoms with Crippen LogP contribution in [0, 0.1) is 0 Å². The summed E-state index contributed by atoms with van der Waals surface area (Å²) in [5.41, 5.74) is 2.19. The zero-order chi connectivity index (χ0) is 15.4. The standard InChI is InChI=1S/C16H19ClO4/c1-3-21-16(19)14(18)13-11-8-6-4-5-7-10(11)9-12(17)15(13)20-2/h9H,3-8H2,1-2H3. The number of hydrogen-bond donors (Lipinski definition) is 0. The van der Waals surface area contributed by atoms with Gasteiger partial charge in [-0.15, -0.1) is 0 Å². The van der Waals surface area contributed by atoms with Gasteiger partial charge in [0.2, 0.25) is 0 Å². The number of methoxy groups -OCH3 is 1. The van der Waals surface area contributed by atoms with Gasteiger partial charge in [-0.2, -0.15) is 0 Å². The molecule has 21 heavy (non-hydrogen) atoms. The summed E-state index contributed by atoms with van der Waals surface area (Å²) >= 11 is 6.22. The molecule has 0 atom stereocenters. The Labute approximate surface area is 129 Å². The number of Topliss-reactive ketones (excluding diaryl/α,β-unsaturated/α-hetero) is 1. The van der Waals surface area contributed by atoms with E-state index in [-0.39, 0.29) is 17.9 Å². The van der Waals surface area contributed by atoms with Crippen LogP contribution in [0.1, 0.15) is 47.7 Å². The Morgan fingerprint density at radius 2 is 1.95 bits per heavy atom. The van der Waals surface area contributed by atoms with Crippen LogP contribution in [0.25, 0.3) is 0 Å². The fourth-order valence-corrected chi connectivity index (χ4v) is 3.07. The van der Waals surface area contributed by atoms with E-state index in [9.17, 15) is 9.59 Å². The molecule has 0 aliphatic heterocycles. The van der Waals surface area contributed by atoms with Crippen LogP contribution in [0.15, 0.2) is 6.07 Å².